The van der Waals surface area contributed by atoms with Crippen LogP contribution < -0.4 is 5.32 Å². The predicted octanol–water partition coefficient (Wildman–Crippen LogP) is 3.71. The molecule has 1 saturated heterocycles. The summed E-state index contributed by atoms with van der Waals surface area (Å²) in [6.45, 7) is 8.68. The first-order chi connectivity index (χ1) is 10.4. The Morgan fingerprint density at radius 2 is 1.78 bits per heavy atom. The van der Waals surface area contributed by atoms with E-state index >= 15 is 0 Å². The van der Waals surface area contributed by atoms with E-state index in [0.29, 0.717) is 11.8 Å². The van der Waals surface area contributed by atoms with Gasteiger partial charge in [-0.05, 0) is 49.0 Å². The van der Waals surface area contributed by atoms with E-state index in [1.54, 1.807) is 11.8 Å². The molecule has 0 unspecified atom stereocenters. The average Bonchev–Trinajstić information content (AvgIpc) is 2.52. The Hall–Kier alpha value is -0.710. The molecular weight excluding hydrogens is 328 g/mol. The third-order valence-corrected chi connectivity index (χ3v) is 5.33. The fraction of sp³-hybridized carbons (Fsp3) is 0.611. The predicted molar refractivity (Wildman–Crippen MR) is 102 cm³/mol. The molecule has 0 radical (unpaired) electrons. The summed E-state index contributed by atoms with van der Waals surface area (Å²) in [4.78, 5) is 15.4. The highest BCUT2D eigenvalue weighted by molar-refractivity contribution is 8.00. The largest absolute Gasteiger partial charge is 0.342 e. The number of carbonyl (C=O) groups is 1. The molecule has 1 N–H and O–H groups in total. The fourth-order valence-corrected chi connectivity index (χ4v) is 3.52. The fourth-order valence-electron chi connectivity index (χ4n) is 2.70. The van der Waals surface area contributed by atoms with Crippen LogP contribution in [0.25, 0.3) is 0 Å². The molecule has 1 heterocycles. The zero-order valence-electron chi connectivity index (χ0n) is 14.6. The SMILES string of the molecule is CN(C(=O)CSc1ccc(C(C)(C)C)cc1)C1CCNCC1.Cl. The van der Waals surface area contributed by atoms with Gasteiger partial charge in [-0.3, -0.25) is 4.79 Å². The highest BCUT2D eigenvalue weighted by Crippen LogP contribution is 2.26. The van der Waals surface area contributed by atoms with Gasteiger partial charge >= 0.3 is 0 Å². The van der Waals surface area contributed by atoms with Gasteiger partial charge in [0, 0.05) is 18.0 Å². The Kier molecular flexibility index (Phi) is 7.91. The molecule has 0 spiro atoms. The minimum absolute atomic E-state index is 0. The van der Waals surface area contributed by atoms with Crippen LogP contribution >= 0.6 is 24.2 Å². The van der Waals surface area contributed by atoms with Crippen LogP contribution in [0.3, 0.4) is 0 Å². The summed E-state index contributed by atoms with van der Waals surface area (Å²) in [6.07, 6.45) is 2.13. The van der Waals surface area contributed by atoms with Crippen molar-refractivity contribution >= 4 is 30.1 Å². The zero-order valence-corrected chi connectivity index (χ0v) is 16.2. The van der Waals surface area contributed by atoms with Crippen molar-refractivity contribution in [3.63, 3.8) is 0 Å². The summed E-state index contributed by atoms with van der Waals surface area (Å²) in [5, 5.41) is 3.34. The van der Waals surface area contributed by atoms with Crippen molar-refractivity contribution < 1.29 is 4.79 Å². The van der Waals surface area contributed by atoms with Gasteiger partial charge in [0.2, 0.25) is 5.91 Å². The van der Waals surface area contributed by atoms with Crippen LogP contribution in [0.1, 0.15) is 39.2 Å². The molecule has 0 aliphatic carbocycles. The lowest BCUT2D eigenvalue weighted by Crippen LogP contribution is -2.44. The molecule has 1 amide bonds. The van der Waals surface area contributed by atoms with E-state index < -0.39 is 0 Å². The highest BCUT2D eigenvalue weighted by atomic mass is 35.5. The van der Waals surface area contributed by atoms with E-state index in [4.69, 9.17) is 0 Å². The molecule has 0 aromatic heterocycles. The molecule has 1 aromatic carbocycles. The number of hydrogen-bond acceptors (Lipinski definition) is 3. The van der Waals surface area contributed by atoms with Crippen molar-refractivity contribution in [2.24, 2.45) is 0 Å². The summed E-state index contributed by atoms with van der Waals surface area (Å²) >= 11 is 1.63. The van der Waals surface area contributed by atoms with Gasteiger partial charge in [0.1, 0.15) is 0 Å². The maximum Gasteiger partial charge on any atom is 0.232 e. The summed E-state index contributed by atoms with van der Waals surface area (Å²) in [5.74, 6) is 0.756. The molecule has 1 aliphatic heterocycles. The first-order valence-electron chi connectivity index (χ1n) is 8.07. The Morgan fingerprint density at radius 3 is 2.30 bits per heavy atom. The second-order valence-electron chi connectivity index (χ2n) is 7.05. The molecule has 1 fully saturated rings. The van der Waals surface area contributed by atoms with Crippen molar-refractivity contribution in [2.75, 3.05) is 25.9 Å². The molecule has 1 aromatic rings. The highest BCUT2D eigenvalue weighted by Gasteiger charge is 2.21. The minimum Gasteiger partial charge on any atom is -0.342 e. The molecule has 0 saturated carbocycles. The lowest BCUT2D eigenvalue weighted by molar-refractivity contribution is -0.129. The molecule has 23 heavy (non-hydrogen) atoms. The average molecular weight is 357 g/mol. The molecule has 1 aliphatic rings. The Labute approximate surface area is 151 Å². The second-order valence-corrected chi connectivity index (χ2v) is 8.10. The third-order valence-electron chi connectivity index (χ3n) is 4.33. The molecule has 3 nitrogen and oxygen atoms in total. The normalized spacial score (nSPS) is 15.8. The van der Waals surface area contributed by atoms with Crippen LogP contribution in [0.15, 0.2) is 29.2 Å². The number of rotatable bonds is 4. The van der Waals surface area contributed by atoms with Gasteiger partial charge in [-0.25, -0.2) is 0 Å². The van der Waals surface area contributed by atoms with Crippen molar-refractivity contribution in [3.05, 3.63) is 29.8 Å². The van der Waals surface area contributed by atoms with E-state index in [0.717, 1.165) is 25.9 Å². The number of benzene rings is 1. The standard InChI is InChI=1S/C18H28N2OS.ClH/c1-18(2,3)14-5-7-16(8-6-14)22-13-17(21)20(4)15-9-11-19-12-10-15;/h5-8,15,19H,9-13H2,1-4H3;1H. The maximum atomic E-state index is 12.3. The van der Waals surface area contributed by atoms with E-state index in [2.05, 4.69) is 50.4 Å². The molecule has 5 heteroatoms. The molecule has 2 rings (SSSR count). The van der Waals surface area contributed by atoms with E-state index in [9.17, 15) is 4.79 Å². The Balaban J connectivity index is 0.00000264. The number of carbonyl (C=O) groups excluding carboxylic acids is 1. The van der Waals surface area contributed by atoms with E-state index in [-0.39, 0.29) is 23.7 Å². The van der Waals surface area contributed by atoms with E-state index in [1.807, 2.05) is 11.9 Å². The summed E-state index contributed by atoms with van der Waals surface area (Å²) in [5.41, 5.74) is 1.50. The monoisotopic (exact) mass is 356 g/mol. The first kappa shape index (κ1) is 20.3. The number of thioether (sulfide) groups is 1. The summed E-state index contributed by atoms with van der Waals surface area (Å²) in [7, 11) is 1.95. The summed E-state index contributed by atoms with van der Waals surface area (Å²) < 4.78 is 0. The number of amides is 1. The van der Waals surface area contributed by atoms with Gasteiger partial charge in [-0.2, -0.15) is 0 Å². The van der Waals surface area contributed by atoms with Crippen LogP contribution in [0.2, 0.25) is 0 Å². The number of hydrogen-bond donors (Lipinski definition) is 1. The zero-order chi connectivity index (χ0) is 16.2. The van der Waals surface area contributed by atoms with E-state index in [1.165, 1.54) is 10.5 Å². The van der Waals surface area contributed by atoms with Crippen LogP contribution in [0, 0.1) is 0 Å². The van der Waals surface area contributed by atoms with Gasteiger partial charge in [-0.1, -0.05) is 32.9 Å². The van der Waals surface area contributed by atoms with Gasteiger partial charge in [0.05, 0.1) is 5.75 Å². The smallest absolute Gasteiger partial charge is 0.232 e. The number of piperidine rings is 1. The van der Waals surface area contributed by atoms with Gasteiger partial charge in [-0.15, -0.1) is 24.2 Å². The van der Waals surface area contributed by atoms with Gasteiger partial charge < -0.3 is 10.2 Å². The Bertz CT molecular complexity index is 493. The van der Waals surface area contributed by atoms with Crippen LogP contribution in [-0.2, 0) is 10.2 Å². The Morgan fingerprint density at radius 1 is 1.22 bits per heavy atom. The molecule has 130 valence electrons. The summed E-state index contributed by atoms with van der Waals surface area (Å²) in [6, 6.07) is 9.00. The van der Waals surface area contributed by atoms with Crippen LogP contribution in [0.5, 0.6) is 0 Å². The lowest BCUT2D eigenvalue weighted by atomic mass is 9.87. The molecule has 0 atom stereocenters. The molecular formula is C18H29ClN2OS. The van der Waals surface area contributed by atoms with Gasteiger partial charge in [0.25, 0.3) is 0 Å². The minimum atomic E-state index is 0. The molecule has 0 bridgehead atoms. The second kappa shape index (κ2) is 8.95. The van der Waals surface area contributed by atoms with Crippen molar-refractivity contribution in [3.8, 4) is 0 Å². The van der Waals surface area contributed by atoms with Crippen molar-refractivity contribution in [1.29, 1.82) is 0 Å². The van der Waals surface area contributed by atoms with Crippen molar-refractivity contribution in [1.82, 2.24) is 10.2 Å². The third kappa shape index (κ3) is 6.02. The van der Waals surface area contributed by atoms with Crippen LogP contribution in [-0.4, -0.2) is 42.7 Å². The topological polar surface area (TPSA) is 32.3 Å². The van der Waals surface area contributed by atoms with Crippen LogP contribution in [0.4, 0.5) is 0 Å². The first-order valence-corrected chi connectivity index (χ1v) is 9.06. The number of halogens is 1. The number of nitrogens with one attached hydrogen (secondary N) is 1. The quantitative estimate of drug-likeness (QED) is 0.835. The number of nitrogens with zero attached hydrogens (tertiary/aromatic N) is 1. The van der Waals surface area contributed by atoms with Gasteiger partial charge in [0.15, 0.2) is 0 Å². The lowest BCUT2D eigenvalue weighted by Gasteiger charge is -2.31. The van der Waals surface area contributed by atoms with Crippen molar-refractivity contribution in [2.45, 2.75) is 50.0 Å². The maximum absolute atomic E-state index is 12.3.